The number of carbonyl (C=O) groups excluding carboxylic acids is 1. The van der Waals surface area contributed by atoms with Crippen molar-refractivity contribution in [1.29, 1.82) is 0 Å². The number of anilines is 1. The molecule has 0 aliphatic carbocycles. The molecular formula is C21H25N5O2. The summed E-state index contributed by atoms with van der Waals surface area (Å²) in [5.74, 6) is 0. The fraction of sp³-hybridized carbons (Fsp3) is 0.333. The van der Waals surface area contributed by atoms with Gasteiger partial charge in [-0.05, 0) is 35.9 Å². The van der Waals surface area contributed by atoms with Crippen molar-refractivity contribution in [2.24, 2.45) is 0 Å². The van der Waals surface area contributed by atoms with Gasteiger partial charge in [0.1, 0.15) is 0 Å². The van der Waals surface area contributed by atoms with E-state index >= 15 is 0 Å². The van der Waals surface area contributed by atoms with Crippen LogP contribution in [0.3, 0.4) is 0 Å². The van der Waals surface area contributed by atoms with Crippen molar-refractivity contribution in [2.45, 2.75) is 13.1 Å². The first-order valence-corrected chi connectivity index (χ1v) is 9.61. The van der Waals surface area contributed by atoms with E-state index in [1.165, 1.54) is 5.52 Å². The number of carbonyl (C=O) groups is 1. The largest absolute Gasteiger partial charge is 0.379 e. The zero-order valence-electron chi connectivity index (χ0n) is 15.8. The molecule has 1 aliphatic rings. The van der Waals surface area contributed by atoms with E-state index in [0.29, 0.717) is 6.54 Å². The molecule has 1 aliphatic heterocycles. The number of nitrogens with one attached hydrogen (secondary N) is 2. The summed E-state index contributed by atoms with van der Waals surface area (Å²) >= 11 is 0. The molecule has 0 saturated carbocycles. The number of amides is 2. The first kappa shape index (κ1) is 18.5. The highest BCUT2D eigenvalue weighted by Crippen LogP contribution is 2.20. The number of aromatic nitrogens is 2. The number of nitrogens with zero attached hydrogens (tertiary/aromatic N) is 3. The fourth-order valence-corrected chi connectivity index (χ4v) is 3.41. The fourth-order valence-electron chi connectivity index (χ4n) is 3.41. The molecule has 28 heavy (non-hydrogen) atoms. The Labute approximate surface area is 164 Å². The van der Waals surface area contributed by atoms with E-state index in [1.807, 2.05) is 24.3 Å². The second-order valence-electron chi connectivity index (χ2n) is 6.91. The van der Waals surface area contributed by atoms with Gasteiger partial charge in [-0.3, -0.25) is 9.88 Å². The van der Waals surface area contributed by atoms with Crippen molar-refractivity contribution in [3.63, 3.8) is 0 Å². The molecule has 7 heteroatoms. The first-order valence-electron chi connectivity index (χ1n) is 9.61. The summed E-state index contributed by atoms with van der Waals surface area (Å²) in [6.45, 7) is 6.06. The second kappa shape index (κ2) is 8.86. The lowest BCUT2D eigenvalue weighted by molar-refractivity contribution is 0.0365. The lowest BCUT2D eigenvalue weighted by Crippen LogP contribution is -2.38. The molecule has 1 aromatic carbocycles. The van der Waals surface area contributed by atoms with Crippen LogP contribution in [-0.4, -0.2) is 53.3 Å². The minimum absolute atomic E-state index is 0.227. The third-order valence-corrected chi connectivity index (χ3v) is 4.97. The number of pyridine rings is 1. The molecule has 4 rings (SSSR count). The lowest BCUT2D eigenvalue weighted by Gasteiger charge is -2.26. The molecular weight excluding hydrogens is 354 g/mol. The quantitative estimate of drug-likeness (QED) is 0.691. The van der Waals surface area contributed by atoms with Crippen molar-refractivity contribution in [3.05, 3.63) is 60.6 Å². The Morgan fingerprint density at radius 1 is 1.14 bits per heavy atom. The van der Waals surface area contributed by atoms with Gasteiger partial charge in [0, 0.05) is 67.9 Å². The maximum absolute atomic E-state index is 12.1. The Bertz CT molecular complexity index is 919. The highest BCUT2D eigenvalue weighted by molar-refractivity contribution is 5.92. The van der Waals surface area contributed by atoms with Gasteiger partial charge in [0.2, 0.25) is 0 Å². The normalized spacial score (nSPS) is 14.9. The number of ether oxygens (including phenoxy) is 1. The van der Waals surface area contributed by atoms with E-state index in [0.717, 1.165) is 56.0 Å². The van der Waals surface area contributed by atoms with Crippen LogP contribution in [0, 0.1) is 0 Å². The SMILES string of the molecule is O=C(NCc1cccnc1)Nc1ccc2c(ccn2CCN2CCOCC2)c1. The summed E-state index contributed by atoms with van der Waals surface area (Å²) in [5.41, 5.74) is 2.92. The topological polar surface area (TPSA) is 71.4 Å². The molecule has 2 aromatic heterocycles. The minimum atomic E-state index is -0.227. The van der Waals surface area contributed by atoms with Crippen LogP contribution in [0.5, 0.6) is 0 Å². The van der Waals surface area contributed by atoms with Crippen molar-refractivity contribution in [3.8, 4) is 0 Å². The van der Waals surface area contributed by atoms with E-state index in [2.05, 4.69) is 43.4 Å². The van der Waals surface area contributed by atoms with Crippen LogP contribution < -0.4 is 10.6 Å². The zero-order chi connectivity index (χ0) is 19.2. The maximum Gasteiger partial charge on any atom is 0.319 e. The molecule has 0 spiro atoms. The van der Waals surface area contributed by atoms with Crippen LogP contribution in [0.25, 0.3) is 10.9 Å². The van der Waals surface area contributed by atoms with Crippen LogP contribution in [0.15, 0.2) is 55.0 Å². The summed E-state index contributed by atoms with van der Waals surface area (Å²) in [6.07, 6.45) is 5.56. The van der Waals surface area contributed by atoms with Crippen LogP contribution in [0.2, 0.25) is 0 Å². The summed E-state index contributed by atoms with van der Waals surface area (Å²) in [5, 5.41) is 6.86. The zero-order valence-corrected chi connectivity index (χ0v) is 15.8. The van der Waals surface area contributed by atoms with Crippen molar-refractivity contribution < 1.29 is 9.53 Å². The predicted octanol–water partition coefficient (Wildman–Crippen LogP) is 2.69. The van der Waals surface area contributed by atoms with Crippen LogP contribution in [-0.2, 0) is 17.8 Å². The Morgan fingerprint density at radius 3 is 2.86 bits per heavy atom. The third-order valence-electron chi connectivity index (χ3n) is 4.97. The monoisotopic (exact) mass is 379 g/mol. The van der Waals surface area contributed by atoms with Gasteiger partial charge in [-0.25, -0.2) is 4.79 Å². The summed E-state index contributed by atoms with van der Waals surface area (Å²) in [4.78, 5) is 18.6. The number of hydrogen-bond acceptors (Lipinski definition) is 4. The number of urea groups is 1. The van der Waals surface area contributed by atoms with Gasteiger partial charge in [0.25, 0.3) is 0 Å². The standard InChI is InChI=1S/C21H25N5O2/c27-21(23-16-17-2-1-6-22-15-17)24-19-3-4-20-18(14-19)5-7-26(20)9-8-25-10-12-28-13-11-25/h1-7,14-15H,8-13,16H2,(H2,23,24,27). The molecule has 2 N–H and O–H groups in total. The van der Waals surface area contributed by atoms with Gasteiger partial charge in [0.15, 0.2) is 0 Å². The summed E-state index contributed by atoms with van der Waals surface area (Å²) in [6, 6.07) is 11.7. The Kier molecular flexibility index (Phi) is 5.84. The number of morpholine rings is 1. The number of hydrogen-bond donors (Lipinski definition) is 2. The minimum Gasteiger partial charge on any atom is -0.379 e. The third kappa shape index (κ3) is 4.68. The van der Waals surface area contributed by atoms with Gasteiger partial charge in [0.05, 0.1) is 13.2 Å². The Balaban J connectivity index is 1.33. The summed E-state index contributed by atoms with van der Waals surface area (Å²) < 4.78 is 7.66. The molecule has 146 valence electrons. The van der Waals surface area contributed by atoms with Gasteiger partial charge >= 0.3 is 6.03 Å². The van der Waals surface area contributed by atoms with Crippen molar-refractivity contribution in [1.82, 2.24) is 19.8 Å². The molecule has 3 heterocycles. The predicted molar refractivity (Wildman–Crippen MR) is 109 cm³/mol. The number of rotatable bonds is 6. The molecule has 1 saturated heterocycles. The lowest BCUT2D eigenvalue weighted by atomic mass is 10.2. The maximum atomic E-state index is 12.1. The van der Waals surface area contributed by atoms with Crippen LogP contribution in [0.1, 0.15) is 5.56 Å². The van der Waals surface area contributed by atoms with Crippen molar-refractivity contribution >= 4 is 22.6 Å². The Hall–Kier alpha value is -2.90. The highest BCUT2D eigenvalue weighted by Gasteiger charge is 2.11. The second-order valence-corrected chi connectivity index (χ2v) is 6.91. The van der Waals surface area contributed by atoms with Crippen LogP contribution in [0.4, 0.5) is 10.5 Å². The van der Waals surface area contributed by atoms with Crippen molar-refractivity contribution in [2.75, 3.05) is 38.2 Å². The molecule has 0 unspecified atom stereocenters. The van der Waals surface area contributed by atoms with E-state index in [4.69, 9.17) is 4.74 Å². The molecule has 0 radical (unpaired) electrons. The van der Waals surface area contributed by atoms with E-state index in [1.54, 1.807) is 12.4 Å². The molecule has 3 aromatic rings. The summed E-state index contributed by atoms with van der Waals surface area (Å²) in [7, 11) is 0. The first-order chi connectivity index (χ1) is 13.8. The Morgan fingerprint density at radius 2 is 2.04 bits per heavy atom. The smallest absolute Gasteiger partial charge is 0.319 e. The highest BCUT2D eigenvalue weighted by atomic mass is 16.5. The molecule has 7 nitrogen and oxygen atoms in total. The average Bonchev–Trinajstić information content (AvgIpc) is 3.14. The van der Waals surface area contributed by atoms with Gasteiger partial charge < -0.3 is 19.9 Å². The number of benzene rings is 1. The van der Waals surface area contributed by atoms with E-state index in [9.17, 15) is 4.79 Å². The molecule has 2 amide bonds. The van der Waals surface area contributed by atoms with Gasteiger partial charge in [-0.1, -0.05) is 6.07 Å². The molecule has 1 fully saturated rings. The molecule has 0 bridgehead atoms. The average molecular weight is 379 g/mol. The van der Waals surface area contributed by atoms with Gasteiger partial charge in [-0.2, -0.15) is 0 Å². The van der Waals surface area contributed by atoms with E-state index < -0.39 is 0 Å². The number of fused-ring (bicyclic) bond motifs is 1. The van der Waals surface area contributed by atoms with Crippen LogP contribution >= 0.6 is 0 Å². The van der Waals surface area contributed by atoms with Gasteiger partial charge in [-0.15, -0.1) is 0 Å². The molecule has 0 atom stereocenters. The van der Waals surface area contributed by atoms with E-state index in [-0.39, 0.29) is 6.03 Å².